The molecule has 3 heterocycles. The van der Waals surface area contributed by atoms with Gasteiger partial charge in [0.1, 0.15) is 5.01 Å². The van der Waals surface area contributed by atoms with Crippen molar-refractivity contribution in [3.63, 3.8) is 0 Å². The highest BCUT2D eigenvalue weighted by Crippen LogP contribution is 2.27. The normalized spacial score (nSPS) is 22.0. The molecule has 1 aromatic carbocycles. The van der Waals surface area contributed by atoms with E-state index in [9.17, 15) is 0 Å². The van der Waals surface area contributed by atoms with Gasteiger partial charge in [0, 0.05) is 68.5 Å². The van der Waals surface area contributed by atoms with Crippen molar-refractivity contribution < 1.29 is 0 Å². The van der Waals surface area contributed by atoms with Gasteiger partial charge in [-0.05, 0) is 13.3 Å². The molecule has 1 N–H and O–H groups in total. The molecule has 25 heavy (non-hydrogen) atoms. The number of likely N-dealkylation sites (tertiary alicyclic amines) is 1. The zero-order valence-electron chi connectivity index (χ0n) is 14.8. The Bertz CT molecular complexity index is 666. The number of thiazole rings is 1. The summed E-state index contributed by atoms with van der Waals surface area (Å²) in [4.78, 5) is 11.3. The topological polar surface area (TPSA) is 31.4 Å². The first kappa shape index (κ1) is 18.8. The van der Waals surface area contributed by atoms with Crippen molar-refractivity contribution in [2.24, 2.45) is 0 Å². The molecule has 6 heteroatoms. The van der Waals surface area contributed by atoms with Crippen LogP contribution in [0.5, 0.6) is 0 Å². The molecular weight excluding hydrogens is 352 g/mol. The molecule has 2 aliphatic heterocycles. The second kappa shape index (κ2) is 8.60. The molecule has 0 aliphatic carbocycles. The number of piperazine rings is 1. The molecule has 2 fully saturated rings. The van der Waals surface area contributed by atoms with E-state index >= 15 is 0 Å². The molecule has 0 bridgehead atoms. The van der Waals surface area contributed by atoms with E-state index in [4.69, 9.17) is 0 Å². The van der Waals surface area contributed by atoms with Crippen molar-refractivity contribution in [2.45, 2.75) is 25.9 Å². The molecule has 4 rings (SSSR count). The Labute approximate surface area is 160 Å². The summed E-state index contributed by atoms with van der Waals surface area (Å²) < 4.78 is 0. The summed E-state index contributed by atoms with van der Waals surface area (Å²) in [6, 6.07) is 9.42. The van der Waals surface area contributed by atoms with Crippen LogP contribution >= 0.6 is 23.7 Å². The fourth-order valence-electron chi connectivity index (χ4n) is 3.73. The number of nitrogens with zero attached hydrogens (tertiary/aromatic N) is 3. The lowest BCUT2D eigenvalue weighted by atomic mass is 10.2. The Morgan fingerprint density at radius 1 is 1.16 bits per heavy atom. The van der Waals surface area contributed by atoms with Gasteiger partial charge >= 0.3 is 0 Å². The van der Waals surface area contributed by atoms with Gasteiger partial charge in [-0.25, -0.2) is 4.98 Å². The number of benzene rings is 1. The number of nitrogens with one attached hydrogen (secondary N) is 1. The van der Waals surface area contributed by atoms with Crippen molar-refractivity contribution in [3.05, 3.63) is 40.9 Å². The lowest BCUT2D eigenvalue weighted by Gasteiger charge is -2.32. The van der Waals surface area contributed by atoms with E-state index in [-0.39, 0.29) is 12.4 Å². The average molecular weight is 379 g/mol. The molecule has 1 aromatic heterocycles. The predicted octanol–water partition coefficient (Wildman–Crippen LogP) is 3.02. The highest BCUT2D eigenvalue weighted by molar-refractivity contribution is 7.15. The lowest BCUT2D eigenvalue weighted by Crippen LogP contribution is -2.49. The Hall–Kier alpha value is -0.980. The summed E-state index contributed by atoms with van der Waals surface area (Å²) in [5.74, 6) is 0. The third-order valence-corrected chi connectivity index (χ3v) is 6.18. The first-order chi connectivity index (χ1) is 11.8. The summed E-state index contributed by atoms with van der Waals surface area (Å²) >= 11 is 1.84. The molecule has 0 saturated carbocycles. The van der Waals surface area contributed by atoms with Gasteiger partial charge in [-0.2, -0.15) is 0 Å². The Morgan fingerprint density at radius 2 is 1.92 bits per heavy atom. The molecule has 1 atom stereocenters. The van der Waals surface area contributed by atoms with E-state index in [0.29, 0.717) is 0 Å². The fraction of sp³-hybridized carbons (Fsp3) is 0.526. The minimum absolute atomic E-state index is 0. The maximum Gasteiger partial charge on any atom is 0.123 e. The van der Waals surface area contributed by atoms with Gasteiger partial charge in [-0.3, -0.25) is 9.80 Å². The summed E-state index contributed by atoms with van der Waals surface area (Å²) in [6.07, 6.45) is 3.38. The van der Waals surface area contributed by atoms with Gasteiger partial charge in [0.15, 0.2) is 0 Å². The zero-order valence-corrected chi connectivity index (χ0v) is 16.4. The third-order valence-electron chi connectivity index (χ3n) is 5.15. The number of hydrogen-bond acceptors (Lipinski definition) is 5. The van der Waals surface area contributed by atoms with Gasteiger partial charge in [-0.15, -0.1) is 23.7 Å². The smallest absolute Gasteiger partial charge is 0.123 e. The number of halogens is 1. The molecule has 0 spiro atoms. The van der Waals surface area contributed by atoms with Crippen LogP contribution in [0.1, 0.15) is 16.9 Å². The van der Waals surface area contributed by atoms with E-state index in [2.05, 4.69) is 57.5 Å². The molecule has 0 radical (unpaired) electrons. The first-order valence-electron chi connectivity index (χ1n) is 8.97. The maximum absolute atomic E-state index is 4.64. The summed E-state index contributed by atoms with van der Waals surface area (Å²) in [5, 5.41) is 4.59. The van der Waals surface area contributed by atoms with Gasteiger partial charge in [-0.1, -0.05) is 29.8 Å². The largest absolute Gasteiger partial charge is 0.314 e. The lowest BCUT2D eigenvalue weighted by molar-refractivity contribution is 0.170. The fourth-order valence-corrected chi connectivity index (χ4v) is 4.69. The van der Waals surface area contributed by atoms with Crippen LogP contribution in [0.4, 0.5) is 0 Å². The van der Waals surface area contributed by atoms with Crippen molar-refractivity contribution in [1.82, 2.24) is 20.1 Å². The van der Waals surface area contributed by atoms with Crippen LogP contribution in [-0.2, 0) is 6.54 Å². The number of hydrogen-bond donors (Lipinski definition) is 1. The van der Waals surface area contributed by atoms with E-state index < -0.39 is 0 Å². The van der Waals surface area contributed by atoms with Crippen molar-refractivity contribution in [2.75, 3.05) is 39.3 Å². The number of aromatic nitrogens is 1. The monoisotopic (exact) mass is 378 g/mol. The van der Waals surface area contributed by atoms with E-state index in [1.165, 1.54) is 48.6 Å². The van der Waals surface area contributed by atoms with Gasteiger partial charge in [0.05, 0.1) is 0 Å². The third kappa shape index (κ3) is 4.60. The minimum atomic E-state index is 0. The summed E-state index contributed by atoms with van der Waals surface area (Å²) in [6.45, 7) is 10.3. The van der Waals surface area contributed by atoms with Crippen LogP contribution in [0.2, 0.25) is 0 Å². The van der Waals surface area contributed by atoms with Crippen LogP contribution in [-0.4, -0.2) is 60.1 Å². The van der Waals surface area contributed by atoms with Crippen molar-refractivity contribution in [1.29, 1.82) is 0 Å². The van der Waals surface area contributed by atoms with Crippen LogP contribution in [0, 0.1) is 6.92 Å². The van der Waals surface area contributed by atoms with Crippen molar-refractivity contribution in [3.8, 4) is 10.6 Å². The Morgan fingerprint density at radius 3 is 2.68 bits per heavy atom. The highest BCUT2D eigenvalue weighted by atomic mass is 35.5. The molecular formula is C19H27ClN4S. The summed E-state index contributed by atoms with van der Waals surface area (Å²) in [5.41, 5.74) is 2.53. The quantitative estimate of drug-likeness (QED) is 0.886. The number of rotatable bonds is 4. The second-order valence-corrected chi connectivity index (χ2v) is 8.08. The molecule has 2 aromatic rings. The second-order valence-electron chi connectivity index (χ2n) is 6.96. The van der Waals surface area contributed by atoms with Crippen LogP contribution in [0.3, 0.4) is 0 Å². The van der Waals surface area contributed by atoms with Crippen LogP contribution in [0.15, 0.2) is 30.5 Å². The van der Waals surface area contributed by atoms with E-state index in [1.807, 2.05) is 11.3 Å². The Kier molecular flexibility index (Phi) is 6.47. The van der Waals surface area contributed by atoms with E-state index in [1.54, 1.807) is 0 Å². The SMILES string of the molecule is Cc1ccc(-c2ncc(CN3CCC(N4CCNCC4)C3)s2)cc1.Cl. The highest BCUT2D eigenvalue weighted by Gasteiger charge is 2.28. The summed E-state index contributed by atoms with van der Waals surface area (Å²) in [7, 11) is 0. The van der Waals surface area contributed by atoms with Gasteiger partial charge < -0.3 is 5.32 Å². The molecule has 1 unspecified atom stereocenters. The van der Waals surface area contributed by atoms with Gasteiger partial charge in [0.25, 0.3) is 0 Å². The van der Waals surface area contributed by atoms with Crippen LogP contribution in [0.25, 0.3) is 10.6 Å². The zero-order chi connectivity index (χ0) is 16.4. The predicted molar refractivity (Wildman–Crippen MR) is 108 cm³/mol. The van der Waals surface area contributed by atoms with Crippen molar-refractivity contribution >= 4 is 23.7 Å². The van der Waals surface area contributed by atoms with Gasteiger partial charge in [0.2, 0.25) is 0 Å². The molecule has 136 valence electrons. The standard InChI is InChI=1S/C19H26N4S.ClH/c1-15-2-4-16(5-3-15)19-21-12-18(24-19)14-22-9-6-17(13-22)23-10-7-20-8-11-23;/h2-5,12,17,20H,6-11,13-14H2,1H3;1H. The first-order valence-corrected chi connectivity index (χ1v) is 9.78. The maximum atomic E-state index is 4.64. The minimum Gasteiger partial charge on any atom is -0.314 e. The molecule has 2 saturated heterocycles. The molecule has 2 aliphatic rings. The Balaban J connectivity index is 0.00000182. The molecule has 0 amide bonds. The average Bonchev–Trinajstić information content (AvgIpc) is 3.27. The number of aryl methyl sites for hydroxylation is 1. The van der Waals surface area contributed by atoms with E-state index in [0.717, 1.165) is 30.7 Å². The van der Waals surface area contributed by atoms with Crippen LogP contribution < -0.4 is 5.32 Å². The molecule has 4 nitrogen and oxygen atoms in total.